The standard InChI is InChI=1S/C22H30N4O/c1-17-7-8-18(19-6-5-11-24-20(17)19)16-25-14-9-22(10-15-25,21(23)27)26-12-3-2-4-13-26/h5-8,11H,2-4,9-10,12-16H2,1H3,(H2,23,27). The molecule has 144 valence electrons. The Morgan fingerprint density at radius 1 is 1.11 bits per heavy atom. The van der Waals surface area contributed by atoms with Crippen molar-refractivity contribution in [3.8, 4) is 0 Å². The van der Waals surface area contributed by atoms with Gasteiger partial charge in [0.2, 0.25) is 5.91 Å². The van der Waals surface area contributed by atoms with Gasteiger partial charge in [0.25, 0.3) is 0 Å². The molecule has 0 spiro atoms. The lowest BCUT2D eigenvalue weighted by atomic mass is 9.83. The molecule has 3 heterocycles. The molecule has 2 N–H and O–H groups in total. The number of fused-ring (bicyclic) bond motifs is 1. The maximum absolute atomic E-state index is 12.4. The van der Waals surface area contributed by atoms with Gasteiger partial charge in [-0.1, -0.05) is 24.6 Å². The van der Waals surface area contributed by atoms with Gasteiger partial charge in [0.1, 0.15) is 5.54 Å². The zero-order chi connectivity index (χ0) is 18.9. The maximum Gasteiger partial charge on any atom is 0.238 e. The number of nitrogens with zero attached hydrogens (tertiary/aromatic N) is 3. The lowest BCUT2D eigenvalue weighted by Gasteiger charge is -2.48. The van der Waals surface area contributed by atoms with Crippen LogP contribution in [0.1, 0.15) is 43.2 Å². The molecule has 1 amide bonds. The summed E-state index contributed by atoms with van der Waals surface area (Å²) in [5.41, 5.74) is 9.09. The molecule has 2 aliphatic rings. The zero-order valence-electron chi connectivity index (χ0n) is 16.3. The number of pyridine rings is 1. The van der Waals surface area contributed by atoms with E-state index in [0.29, 0.717) is 0 Å². The minimum atomic E-state index is -0.437. The van der Waals surface area contributed by atoms with Crippen molar-refractivity contribution >= 4 is 16.8 Å². The predicted octanol–water partition coefficient (Wildman–Crippen LogP) is 2.85. The summed E-state index contributed by atoms with van der Waals surface area (Å²) in [6, 6.07) is 8.56. The summed E-state index contributed by atoms with van der Waals surface area (Å²) in [6.07, 6.45) is 7.17. The molecular weight excluding hydrogens is 336 g/mol. The van der Waals surface area contributed by atoms with Gasteiger partial charge in [-0.25, -0.2) is 0 Å². The summed E-state index contributed by atoms with van der Waals surface area (Å²) in [5.74, 6) is -0.131. The molecule has 2 aromatic rings. The van der Waals surface area contributed by atoms with Crippen LogP contribution in [0, 0.1) is 6.92 Å². The Kier molecular flexibility index (Phi) is 5.15. The Hall–Kier alpha value is -1.98. The highest BCUT2D eigenvalue weighted by molar-refractivity contribution is 5.85. The van der Waals surface area contributed by atoms with Crippen LogP contribution in [-0.2, 0) is 11.3 Å². The van der Waals surface area contributed by atoms with Crippen molar-refractivity contribution in [3.63, 3.8) is 0 Å². The molecule has 0 aliphatic carbocycles. The van der Waals surface area contributed by atoms with E-state index < -0.39 is 5.54 Å². The Morgan fingerprint density at radius 3 is 2.56 bits per heavy atom. The molecule has 1 aromatic carbocycles. The molecule has 27 heavy (non-hydrogen) atoms. The van der Waals surface area contributed by atoms with Gasteiger partial charge in [-0.3, -0.25) is 19.6 Å². The van der Waals surface area contributed by atoms with Crippen LogP contribution in [0.4, 0.5) is 0 Å². The maximum atomic E-state index is 12.4. The van der Waals surface area contributed by atoms with E-state index in [0.717, 1.165) is 51.1 Å². The smallest absolute Gasteiger partial charge is 0.238 e. The highest BCUT2D eigenvalue weighted by Gasteiger charge is 2.45. The van der Waals surface area contributed by atoms with E-state index in [1.807, 2.05) is 12.3 Å². The molecule has 0 saturated carbocycles. The number of rotatable bonds is 4. The summed E-state index contributed by atoms with van der Waals surface area (Å²) in [6.45, 7) is 6.86. The van der Waals surface area contributed by atoms with Crippen molar-refractivity contribution in [2.75, 3.05) is 26.2 Å². The Balaban J connectivity index is 1.49. The van der Waals surface area contributed by atoms with E-state index in [4.69, 9.17) is 5.73 Å². The minimum Gasteiger partial charge on any atom is -0.368 e. The number of aryl methyl sites for hydroxylation is 1. The van der Waals surface area contributed by atoms with E-state index in [1.165, 1.54) is 35.8 Å². The molecule has 2 aliphatic heterocycles. The van der Waals surface area contributed by atoms with Crippen LogP contribution in [0.25, 0.3) is 10.9 Å². The second kappa shape index (κ2) is 7.56. The summed E-state index contributed by atoms with van der Waals surface area (Å²) >= 11 is 0. The number of hydrogen-bond acceptors (Lipinski definition) is 4. The van der Waals surface area contributed by atoms with Crippen LogP contribution in [0.2, 0.25) is 0 Å². The summed E-state index contributed by atoms with van der Waals surface area (Å²) in [7, 11) is 0. The predicted molar refractivity (Wildman–Crippen MR) is 108 cm³/mol. The second-order valence-electron chi connectivity index (χ2n) is 8.16. The van der Waals surface area contributed by atoms with E-state index in [1.54, 1.807) is 0 Å². The summed E-state index contributed by atoms with van der Waals surface area (Å²) in [4.78, 5) is 21.8. The third kappa shape index (κ3) is 3.46. The number of aromatic nitrogens is 1. The number of hydrogen-bond donors (Lipinski definition) is 1. The first-order valence-corrected chi connectivity index (χ1v) is 10.2. The van der Waals surface area contributed by atoms with Gasteiger partial charge in [-0.2, -0.15) is 0 Å². The van der Waals surface area contributed by atoms with Crippen LogP contribution in [0.3, 0.4) is 0 Å². The van der Waals surface area contributed by atoms with Crippen LogP contribution in [0.15, 0.2) is 30.5 Å². The van der Waals surface area contributed by atoms with E-state index >= 15 is 0 Å². The van der Waals surface area contributed by atoms with Crippen molar-refractivity contribution in [1.82, 2.24) is 14.8 Å². The van der Waals surface area contributed by atoms with E-state index in [9.17, 15) is 4.79 Å². The van der Waals surface area contributed by atoms with Crippen molar-refractivity contribution in [1.29, 1.82) is 0 Å². The number of primary amides is 1. The number of carbonyl (C=O) groups excluding carboxylic acids is 1. The zero-order valence-corrected chi connectivity index (χ0v) is 16.3. The highest BCUT2D eigenvalue weighted by atomic mass is 16.1. The first-order valence-electron chi connectivity index (χ1n) is 10.2. The van der Waals surface area contributed by atoms with Gasteiger partial charge in [-0.15, -0.1) is 0 Å². The Bertz CT molecular complexity index is 820. The molecule has 5 heteroatoms. The molecule has 5 nitrogen and oxygen atoms in total. The second-order valence-corrected chi connectivity index (χ2v) is 8.16. The number of carbonyl (C=O) groups is 1. The summed E-state index contributed by atoms with van der Waals surface area (Å²) in [5, 5.41) is 1.24. The molecule has 2 fully saturated rings. The minimum absolute atomic E-state index is 0.131. The molecule has 1 aromatic heterocycles. The number of amides is 1. The third-order valence-corrected chi connectivity index (χ3v) is 6.56. The number of likely N-dealkylation sites (tertiary alicyclic amines) is 2. The molecule has 0 unspecified atom stereocenters. The van der Waals surface area contributed by atoms with Crippen molar-refractivity contribution in [2.45, 2.75) is 51.1 Å². The van der Waals surface area contributed by atoms with Crippen LogP contribution < -0.4 is 5.73 Å². The van der Waals surface area contributed by atoms with E-state index in [-0.39, 0.29) is 5.91 Å². The van der Waals surface area contributed by atoms with Gasteiger partial charge >= 0.3 is 0 Å². The Morgan fingerprint density at radius 2 is 1.85 bits per heavy atom. The average molecular weight is 367 g/mol. The molecule has 0 bridgehead atoms. The molecule has 2 saturated heterocycles. The fraction of sp³-hybridized carbons (Fsp3) is 0.545. The number of nitrogens with two attached hydrogens (primary N) is 1. The highest BCUT2D eigenvalue weighted by Crippen LogP contribution is 2.32. The molecule has 4 rings (SSSR count). The van der Waals surface area contributed by atoms with Gasteiger partial charge in [-0.05, 0) is 62.9 Å². The fourth-order valence-corrected chi connectivity index (χ4v) is 4.87. The topological polar surface area (TPSA) is 62.5 Å². The van der Waals surface area contributed by atoms with Crippen LogP contribution in [-0.4, -0.2) is 52.4 Å². The SMILES string of the molecule is Cc1ccc(CN2CCC(C(N)=O)(N3CCCCC3)CC2)c2cccnc12. The van der Waals surface area contributed by atoms with Gasteiger partial charge in [0.15, 0.2) is 0 Å². The monoisotopic (exact) mass is 366 g/mol. The van der Waals surface area contributed by atoms with Gasteiger partial charge < -0.3 is 5.73 Å². The van der Waals surface area contributed by atoms with Crippen molar-refractivity contribution < 1.29 is 4.79 Å². The van der Waals surface area contributed by atoms with E-state index in [2.05, 4.69) is 39.9 Å². The largest absolute Gasteiger partial charge is 0.368 e. The third-order valence-electron chi connectivity index (χ3n) is 6.56. The molecule has 0 radical (unpaired) electrons. The normalized spacial score (nSPS) is 21.4. The van der Waals surface area contributed by atoms with Gasteiger partial charge in [0.05, 0.1) is 5.52 Å². The number of piperidine rings is 2. The lowest BCUT2D eigenvalue weighted by molar-refractivity contribution is -0.135. The number of benzene rings is 1. The summed E-state index contributed by atoms with van der Waals surface area (Å²) < 4.78 is 0. The first-order chi connectivity index (χ1) is 13.1. The van der Waals surface area contributed by atoms with Crippen molar-refractivity contribution in [2.24, 2.45) is 5.73 Å². The lowest BCUT2D eigenvalue weighted by Crippen LogP contribution is -2.63. The first kappa shape index (κ1) is 18.4. The fourth-order valence-electron chi connectivity index (χ4n) is 4.87. The van der Waals surface area contributed by atoms with Crippen molar-refractivity contribution in [3.05, 3.63) is 41.6 Å². The van der Waals surface area contributed by atoms with Crippen LogP contribution in [0.5, 0.6) is 0 Å². The quantitative estimate of drug-likeness (QED) is 0.904. The molecular formula is C22H30N4O. The average Bonchev–Trinajstić information content (AvgIpc) is 2.71. The Labute approximate surface area is 161 Å². The van der Waals surface area contributed by atoms with Gasteiger partial charge in [0, 0.05) is 31.2 Å². The molecule has 0 atom stereocenters. The van der Waals surface area contributed by atoms with Crippen LogP contribution >= 0.6 is 0 Å².